The Kier molecular flexibility index (Phi) is 6.10. The first-order valence-corrected chi connectivity index (χ1v) is 4.31. The first-order valence-electron chi connectivity index (χ1n) is 4.31. The van der Waals surface area contributed by atoms with Gasteiger partial charge >= 0.3 is 12.1 Å². The fraction of sp³-hybridized carbons (Fsp3) is 0.556. The van der Waals surface area contributed by atoms with Crippen molar-refractivity contribution < 1.29 is 27.5 Å². The molecule has 0 aliphatic carbocycles. The van der Waals surface area contributed by atoms with Crippen LogP contribution in [0.25, 0.3) is 0 Å². The normalized spacial score (nSPS) is 11.9. The van der Waals surface area contributed by atoms with Crippen LogP contribution in [0.2, 0.25) is 0 Å². The van der Waals surface area contributed by atoms with Gasteiger partial charge in [0, 0.05) is 5.57 Å². The molecule has 90 valence electrons. The molecule has 0 fully saturated rings. The van der Waals surface area contributed by atoms with Gasteiger partial charge in [-0.15, -0.1) is 0 Å². The first-order chi connectivity index (χ1) is 7.37. The zero-order valence-corrected chi connectivity index (χ0v) is 8.50. The van der Waals surface area contributed by atoms with Gasteiger partial charge in [0.25, 0.3) is 0 Å². The van der Waals surface area contributed by atoms with Gasteiger partial charge in [0.15, 0.2) is 0 Å². The molecule has 4 nitrogen and oxygen atoms in total. The van der Waals surface area contributed by atoms with E-state index in [1.54, 1.807) is 0 Å². The second-order valence-electron chi connectivity index (χ2n) is 2.82. The number of allylic oxidation sites excluding steroid dienone is 1. The third kappa shape index (κ3) is 7.75. The van der Waals surface area contributed by atoms with Gasteiger partial charge in [-0.2, -0.15) is 13.2 Å². The molecule has 7 heteroatoms. The monoisotopic (exact) mass is 237 g/mol. The fourth-order valence-electron chi connectivity index (χ4n) is 0.696. The van der Waals surface area contributed by atoms with E-state index in [4.69, 9.17) is 0 Å². The number of rotatable bonds is 5. The van der Waals surface area contributed by atoms with E-state index in [0.717, 1.165) is 6.08 Å². The van der Waals surface area contributed by atoms with E-state index in [-0.39, 0.29) is 18.7 Å². The summed E-state index contributed by atoms with van der Waals surface area (Å²) in [7, 11) is 0. The fourth-order valence-corrected chi connectivity index (χ4v) is 0.696. The molecule has 0 bridgehead atoms. The molecular weight excluding hydrogens is 227 g/mol. The smallest absolute Gasteiger partial charge is 0.392 e. The molecule has 0 heterocycles. The van der Waals surface area contributed by atoms with E-state index in [1.165, 1.54) is 13.0 Å². The standard InChI is InChI=1S/C9H10F3NO3/c1-7(2-3-9(10,11)12)8(15)16-5-4-13-6-14/h2H,3-5H2,1H3. The van der Waals surface area contributed by atoms with Crippen LogP contribution in [0.5, 0.6) is 0 Å². The lowest BCUT2D eigenvalue weighted by molar-refractivity contribution is -0.138. The van der Waals surface area contributed by atoms with Crippen molar-refractivity contribution in [2.45, 2.75) is 19.5 Å². The van der Waals surface area contributed by atoms with Crippen molar-refractivity contribution in [1.82, 2.24) is 0 Å². The molecule has 0 atom stereocenters. The SMILES string of the molecule is CC(=CCC(F)(F)F)C(=O)OCCN=C=O. The van der Waals surface area contributed by atoms with Crippen molar-refractivity contribution in [3.63, 3.8) is 0 Å². The Hall–Kier alpha value is -1.62. The topological polar surface area (TPSA) is 55.7 Å². The van der Waals surface area contributed by atoms with E-state index in [9.17, 15) is 22.8 Å². The summed E-state index contributed by atoms with van der Waals surface area (Å²) in [6.45, 7) is 1.00. The molecule has 0 amide bonds. The van der Waals surface area contributed by atoms with Crippen LogP contribution in [0.4, 0.5) is 13.2 Å². The molecule has 0 radical (unpaired) electrons. The summed E-state index contributed by atoms with van der Waals surface area (Å²) in [6, 6.07) is 0. The molecule has 0 rings (SSSR count). The van der Waals surface area contributed by atoms with Crippen molar-refractivity contribution in [3.8, 4) is 0 Å². The van der Waals surface area contributed by atoms with E-state index >= 15 is 0 Å². The summed E-state index contributed by atoms with van der Waals surface area (Å²) in [4.78, 5) is 23.8. The molecule has 0 aliphatic rings. The number of aliphatic imine (C=N–C) groups is 1. The average Bonchev–Trinajstić information content (AvgIpc) is 2.19. The molecule has 0 aliphatic heterocycles. The Morgan fingerprint density at radius 3 is 2.62 bits per heavy atom. The maximum Gasteiger partial charge on any atom is 0.392 e. The minimum Gasteiger partial charge on any atom is -0.460 e. The number of hydrogen-bond acceptors (Lipinski definition) is 4. The number of isocyanates is 1. The number of carbonyl (C=O) groups is 1. The highest BCUT2D eigenvalue weighted by molar-refractivity contribution is 5.87. The molecule has 16 heavy (non-hydrogen) atoms. The predicted octanol–water partition coefficient (Wildman–Crippen LogP) is 1.76. The lowest BCUT2D eigenvalue weighted by atomic mass is 10.2. The van der Waals surface area contributed by atoms with Gasteiger partial charge in [-0.25, -0.2) is 14.6 Å². The van der Waals surface area contributed by atoms with Crippen LogP contribution in [0.15, 0.2) is 16.6 Å². The van der Waals surface area contributed by atoms with Gasteiger partial charge in [-0.3, -0.25) is 0 Å². The number of hydrogen-bond donors (Lipinski definition) is 0. The van der Waals surface area contributed by atoms with Crippen molar-refractivity contribution in [1.29, 1.82) is 0 Å². The number of esters is 1. The van der Waals surface area contributed by atoms with Gasteiger partial charge < -0.3 is 4.74 Å². The minimum absolute atomic E-state index is 0.0538. The number of carbonyl (C=O) groups excluding carboxylic acids is 2. The quantitative estimate of drug-likeness (QED) is 0.241. The van der Waals surface area contributed by atoms with Crippen molar-refractivity contribution >= 4 is 12.0 Å². The Morgan fingerprint density at radius 2 is 2.12 bits per heavy atom. The van der Waals surface area contributed by atoms with Gasteiger partial charge in [-0.1, -0.05) is 6.08 Å². The van der Waals surface area contributed by atoms with E-state index in [0.29, 0.717) is 0 Å². The summed E-state index contributed by atoms with van der Waals surface area (Å²) in [6.07, 6.45) is -3.55. The summed E-state index contributed by atoms with van der Waals surface area (Å²) in [5, 5.41) is 0. The Morgan fingerprint density at radius 1 is 1.50 bits per heavy atom. The lowest BCUT2D eigenvalue weighted by Gasteiger charge is -2.04. The molecule has 0 aromatic carbocycles. The molecule has 0 N–H and O–H groups in total. The molecule has 0 saturated heterocycles. The highest BCUT2D eigenvalue weighted by atomic mass is 19.4. The Labute approximate surface area is 89.8 Å². The van der Waals surface area contributed by atoms with Crippen molar-refractivity contribution in [3.05, 3.63) is 11.6 Å². The highest BCUT2D eigenvalue weighted by Gasteiger charge is 2.25. The molecule has 0 aromatic heterocycles. The van der Waals surface area contributed by atoms with Crippen LogP contribution < -0.4 is 0 Å². The van der Waals surface area contributed by atoms with Crippen molar-refractivity contribution in [2.24, 2.45) is 4.99 Å². The van der Waals surface area contributed by atoms with E-state index in [2.05, 4.69) is 9.73 Å². The van der Waals surface area contributed by atoms with Gasteiger partial charge in [-0.05, 0) is 6.92 Å². The van der Waals surface area contributed by atoms with Crippen LogP contribution in [0.3, 0.4) is 0 Å². The largest absolute Gasteiger partial charge is 0.460 e. The summed E-state index contributed by atoms with van der Waals surface area (Å²) in [5.41, 5.74) is -0.132. The number of halogens is 3. The third-order valence-corrected chi connectivity index (χ3v) is 1.46. The number of nitrogens with zero attached hydrogens (tertiary/aromatic N) is 1. The summed E-state index contributed by atoms with van der Waals surface area (Å²) < 4.78 is 39.9. The van der Waals surface area contributed by atoms with Gasteiger partial charge in [0.1, 0.15) is 6.61 Å². The van der Waals surface area contributed by atoms with Crippen LogP contribution in [-0.4, -0.2) is 31.4 Å². The highest BCUT2D eigenvalue weighted by Crippen LogP contribution is 2.20. The van der Waals surface area contributed by atoms with Crippen LogP contribution in [0, 0.1) is 0 Å². The van der Waals surface area contributed by atoms with E-state index < -0.39 is 18.6 Å². The number of ether oxygens (including phenoxy) is 1. The predicted molar refractivity (Wildman–Crippen MR) is 48.4 cm³/mol. The number of alkyl halides is 3. The summed E-state index contributed by atoms with van der Waals surface area (Å²) in [5.74, 6) is -0.856. The third-order valence-electron chi connectivity index (χ3n) is 1.46. The first kappa shape index (κ1) is 14.4. The molecular formula is C9H10F3NO3. The molecule has 0 saturated carbocycles. The van der Waals surface area contributed by atoms with Crippen LogP contribution in [0.1, 0.15) is 13.3 Å². The molecule has 0 unspecified atom stereocenters. The van der Waals surface area contributed by atoms with Gasteiger partial charge in [0.2, 0.25) is 6.08 Å². The maximum absolute atomic E-state index is 11.8. The molecule has 0 spiro atoms. The lowest BCUT2D eigenvalue weighted by Crippen LogP contribution is -2.11. The van der Waals surface area contributed by atoms with Crippen molar-refractivity contribution in [2.75, 3.05) is 13.2 Å². The molecule has 0 aromatic rings. The minimum atomic E-state index is -4.34. The Balaban J connectivity index is 4.03. The zero-order valence-electron chi connectivity index (χ0n) is 8.50. The second-order valence-corrected chi connectivity index (χ2v) is 2.82. The van der Waals surface area contributed by atoms with Gasteiger partial charge in [0.05, 0.1) is 13.0 Å². The van der Waals surface area contributed by atoms with Crippen LogP contribution >= 0.6 is 0 Å². The zero-order chi connectivity index (χ0) is 12.6. The summed E-state index contributed by atoms with van der Waals surface area (Å²) >= 11 is 0. The van der Waals surface area contributed by atoms with Crippen LogP contribution in [-0.2, 0) is 14.3 Å². The Bertz CT molecular complexity index is 316. The average molecular weight is 237 g/mol. The second kappa shape index (κ2) is 6.79. The maximum atomic E-state index is 11.8. The van der Waals surface area contributed by atoms with E-state index in [1.807, 2.05) is 0 Å².